The standard InChI is InChI=1S/C32H48O3/c1-5-6-9-29(34)32(19-20-32)30(35)17-11-23(3)27-15-16-28-24(8-7-18-31(27,28)4)12-13-25-21-26(33)14-10-22(25)2/h11-13,17,23,26-28,30,33,35H,2,5-10,14-16,18-21H2,1,3-4H3/b17-11+,24-12+,25-13-/t23-,26+,27-,28+,30+,31-/m1/s1. The van der Waals surface area contributed by atoms with Crippen molar-refractivity contribution in [1.29, 1.82) is 0 Å². The number of allylic oxidation sites excluding steroid dienone is 5. The molecule has 0 bridgehead atoms. The molecule has 4 aliphatic carbocycles. The third kappa shape index (κ3) is 5.47. The molecule has 6 atom stereocenters. The molecule has 4 fully saturated rings. The van der Waals surface area contributed by atoms with Crippen molar-refractivity contribution in [3.05, 3.63) is 47.6 Å². The third-order valence-electron chi connectivity index (χ3n) is 10.1. The second-order valence-corrected chi connectivity index (χ2v) is 12.4. The summed E-state index contributed by atoms with van der Waals surface area (Å²) in [6, 6.07) is 0. The predicted molar refractivity (Wildman–Crippen MR) is 144 cm³/mol. The third-order valence-corrected chi connectivity index (χ3v) is 10.1. The zero-order valence-corrected chi connectivity index (χ0v) is 22.4. The van der Waals surface area contributed by atoms with Crippen LogP contribution < -0.4 is 0 Å². The Morgan fingerprint density at radius 2 is 1.91 bits per heavy atom. The SMILES string of the molecule is C=C1CC[C@H](O)C/C1=C/C=C1\CCC[C@]2(C)[C@@H]([C@H](C)/C=C/[C@H](O)C3(C(=O)CCCC)CC3)CC[C@@H]12. The van der Waals surface area contributed by atoms with E-state index in [0.29, 0.717) is 24.2 Å². The fourth-order valence-corrected chi connectivity index (χ4v) is 7.60. The van der Waals surface area contributed by atoms with Crippen molar-refractivity contribution >= 4 is 5.78 Å². The van der Waals surface area contributed by atoms with E-state index in [1.54, 1.807) is 5.57 Å². The van der Waals surface area contributed by atoms with Gasteiger partial charge < -0.3 is 10.2 Å². The lowest BCUT2D eigenvalue weighted by Gasteiger charge is -2.44. The molecule has 3 nitrogen and oxygen atoms in total. The molecule has 0 heterocycles. The number of fused-ring (bicyclic) bond motifs is 1. The average molecular weight is 481 g/mol. The van der Waals surface area contributed by atoms with Gasteiger partial charge in [-0.15, -0.1) is 0 Å². The fourth-order valence-electron chi connectivity index (χ4n) is 7.60. The number of hydrogen-bond donors (Lipinski definition) is 2. The first-order valence-corrected chi connectivity index (χ1v) is 14.4. The second-order valence-electron chi connectivity index (χ2n) is 12.4. The summed E-state index contributed by atoms with van der Waals surface area (Å²) in [4.78, 5) is 12.7. The van der Waals surface area contributed by atoms with Crippen LogP contribution in [0.1, 0.15) is 104 Å². The van der Waals surface area contributed by atoms with Crippen LogP contribution in [0, 0.1) is 28.6 Å². The molecule has 0 saturated heterocycles. The summed E-state index contributed by atoms with van der Waals surface area (Å²) in [7, 11) is 0. The summed E-state index contributed by atoms with van der Waals surface area (Å²) >= 11 is 0. The van der Waals surface area contributed by atoms with Gasteiger partial charge in [0.2, 0.25) is 0 Å². The van der Waals surface area contributed by atoms with E-state index in [4.69, 9.17) is 0 Å². The summed E-state index contributed by atoms with van der Waals surface area (Å²) in [5, 5.41) is 21.0. The number of unbranched alkanes of at least 4 members (excludes halogenated alkanes) is 1. The molecule has 0 spiro atoms. The van der Waals surface area contributed by atoms with Gasteiger partial charge in [-0.25, -0.2) is 0 Å². The average Bonchev–Trinajstić information content (AvgIpc) is 3.57. The highest BCUT2D eigenvalue weighted by molar-refractivity contribution is 5.88. The number of hydrogen-bond acceptors (Lipinski definition) is 3. The Balaban J connectivity index is 1.43. The Hall–Kier alpha value is -1.45. The lowest BCUT2D eigenvalue weighted by atomic mass is 9.61. The van der Waals surface area contributed by atoms with Gasteiger partial charge in [0.1, 0.15) is 5.78 Å². The van der Waals surface area contributed by atoms with Crippen LogP contribution in [0.4, 0.5) is 0 Å². The first-order valence-electron chi connectivity index (χ1n) is 14.4. The minimum atomic E-state index is -0.633. The second kappa shape index (κ2) is 10.9. The summed E-state index contributed by atoms with van der Waals surface area (Å²) < 4.78 is 0. The van der Waals surface area contributed by atoms with E-state index in [1.165, 1.54) is 43.3 Å². The summed E-state index contributed by atoms with van der Waals surface area (Å²) in [6.07, 6.45) is 20.8. The molecule has 0 amide bonds. The number of rotatable bonds is 9. The summed E-state index contributed by atoms with van der Waals surface area (Å²) in [5.41, 5.74) is 3.80. The van der Waals surface area contributed by atoms with Crippen molar-refractivity contribution in [2.24, 2.45) is 28.6 Å². The van der Waals surface area contributed by atoms with Crippen LogP contribution in [-0.2, 0) is 4.79 Å². The highest BCUT2D eigenvalue weighted by Crippen LogP contribution is 2.59. The van der Waals surface area contributed by atoms with Crippen LogP contribution >= 0.6 is 0 Å². The van der Waals surface area contributed by atoms with E-state index < -0.39 is 11.5 Å². The maximum atomic E-state index is 12.7. The normalized spacial score (nSPS) is 36.5. The van der Waals surface area contributed by atoms with Crippen molar-refractivity contribution in [1.82, 2.24) is 0 Å². The van der Waals surface area contributed by atoms with Gasteiger partial charge in [0.15, 0.2) is 0 Å². The molecule has 0 aromatic rings. The molecule has 4 aliphatic rings. The van der Waals surface area contributed by atoms with Gasteiger partial charge in [-0.1, -0.05) is 69.2 Å². The first kappa shape index (κ1) is 26.6. The zero-order valence-electron chi connectivity index (χ0n) is 22.4. The molecule has 0 aromatic heterocycles. The highest BCUT2D eigenvalue weighted by Gasteiger charge is 2.54. The van der Waals surface area contributed by atoms with Crippen molar-refractivity contribution in [2.45, 2.75) is 116 Å². The number of aliphatic hydroxyl groups is 2. The molecule has 0 aromatic carbocycles. The number of carbonyl (C=O) groups is 1. The Bertz CT molecular complexity index is 888. The first-order chi connectivity index (χ1) is 16.7. The largest absolute Gasteiger partial charge is 0.393 e. The van der Waals surface area contributed by atoms with Crippen molar-refractivity contribution < 1.29 is 15.0 Å². The number of Topliss-reactive ketones (excluding diaryl/α,β-unsaturated/α-hetero) is 1. The molecule has 0 unspecified atom stereocenters. The van der Waals surface area contributed by atoms with Gasteiger partial charge in [0.25, 0.3) is 0 Å². The van der Waals surface area contributed by atoms with E-state index in [9.17, 15) is 15.0 Å². The van der Waals surface area contributed by atoms with Crippen molar-refractivity contribution in [3.63, 3.8) is 0 Å². The molecular formula is C32H48O3. The minimum absolute atomic E-state index is 0.225. The van der Waals surface area contributed by atoms with Crippen LogP contribution in [-0.4, -0.2) is 28.2 Å². The molecule has 35 heavy (non-hydrogen) atoms. The van der Waals surface area contributed by atoms with Crippen molar-refractivity contribution in [2.75, 3.05) is 0 Å². The van der Waals surface area contributed by atoms with Crippen LogP contribution in [0.3, 0.4) is 0 Å². The summed E-state index contributed by atoms with van der Waals surface area (Å²) in [5.74, 6) is 1.88. The molecule has 3 heteroatoms. The smallest absolute Gasteiger partial charge is 0.141 e. The Kier molecular flexibility index (Phi) is 8.28. The zero-order chi connectivity index (χ0) is 25.2. The number of ketones is 1. The van der Waals surface area contributed by atoms with Gasteiger partial charge in [-0.2, -0.15) is 0 Å². The number of aliphatic hydroxyl groups excluding tert-OH is 2. The summed E-state index contributed by atoms with van der Waals surface area (Å²) in [6.45, 7) is 11.2. The van der Waals surface area contributed by atoms with E-state index in [-0.39, 0.29) is 17.3 Å². The predicted octanol–water partition coefficient (Wildman–Crippen LogP) is 7.25. The molecular weight excluding hydrogens is 432 g/mol. The van der Waals surface area contributed by atoms with Gasteiger partial charge in [0.05, 0.1) is 17.6 Å². The minimum Gasteiger partial charge on any atom is -0.393 e. The lowest BCUT2D eigenvalue weighted by molar-refractivity contribution is -0.127. The van der Waals surface area contributed by atoms with Gasteiger partial charge in [0, 0.05) is 6.42 Å². The van der Waals surface area contributed by atoms with Gasteiger partial charge >= 0.3 is 0 Å². The van der Waals surface area contributed by atoms with E-state index in [0.717, 1.165) is 44.9 Å². The van der Waals surface area contributed by atoms with E-state index in [1.807, 2.05) is 6.08 Å². The van der Waals surface area contributed by atoms with E-state index >= 15 is 0 Å². The number of carbonyl (C=O) groups excluding carboxylic acids is 1. The monoisotopic (exact) mass is 480 g/mol. The van der Waals surface area contributed by atoms with Crippen LogP contribution in [0.25, 0.3) is 0 Å². The van der Waals surface area contributed by atoms with E-state index in [2.05, 4.69) is 45.6 Å². The van der Waals surface area contributed by atoms with Gasteiger partial charge in [-0.05, 0) is 99.4 Å². The van der Waals surface area contributed by atoms with Crippen LogP contribution in [0.2, 0.25) is 0 Å². The van der Waals surface area contributed by atoms with Gasteiger partial charge in [-0.3, -0.25) is 4.79 Å². The van der Waals surface area contributed by atoms with Crippen molar-refractivity contribution in [3.8, 4) is 0 Å². The van der Waals surface area contributed by atoms with Crippen LogP contribution in [0.15, 0.2) is 47.6 Å². The Morgan fingerprint density at radius 3 is 2.63 bits per heavy atom. The lowest BCUT2D eigenvalue weighted by Crippen LogP contribution is -2.35. The van der Waals surface area contributed by atoms with Crippen LogP contribution in [0.5, 0.6) is 0 Å². The Labute approximate surface area is 213 Å². The Morgan fingerprint density at radius 1 is 1.14 bits per heavy atom. The molecule has 4 saturated carbocycles. The molecule has 0 radical (unpaired) electrons. The topological polar surface area (TPSA) is 57.5 Å². The highest BCUT2D eigenvalue weighted by atomic mass is 16.3. The molecule has 194 valence electrons. The fraction of sp³-hybridized carbons (Fsp3) is 0.719. The molecule has 4 rings (SSSR count). The maximum Gasteiger partial charge on any atom is 0.141 e. The molecule has 2 N–H and O–H groups in total. The maximum absolute atomic E-state index is 12.7. The quantitative estimate of drug-likeness (QED) is 0.342. The molecule has 0 aliphatic heterocycles.